The van der Waals surface area contributed by atoms with E-state index in [2.05, 4.69) is 9.71 Å². The van der Waals surface area contributed by atoms with Crippen LogP contribution in [0.2, 0.25) is 0 Å². The molecule has 1 aliphatic rings. The smallest absolute Gasteiger partial charge is 0.262 e. The van der Waals surface area contributed by atoms with Crippen LogP contribution in [0.4, 0.5) is 5.82 Å². The molecule has 9 nitrogen and oxygen atoms in total. The van der Waals surface area contributed by atoms with E-state index in [9.17, 15) is 16.8 Å². The number of hydrogen-bond donors (Lipinski definition) is 2. The van der Waals surface area contributed by atoms with Gasteiger partial charge in [-0.1, -0.05) is 0 Å². The molecule has 0 amide bonds. The molecule has 1 fully saturated rings. The molecule has 2 heterocycles. The number of rotatable bonds is 4. The summed E-state index contributed by atoms with van der Waals surface area (Å²) in [6.07, 6.45) is 3.56. The van der Waals surface area contributed by atoms with Crippen LogP contribution < -0.4 is 10.5 Å². The molecule has 2 rings (SSSR count). The summed E-state index contributed by atoms with van der Waals surface area (Å²) in [7, 11) is -5.62. The third-order valence-electron chi connectivity index (χ3n) is 3.26. The van der Waals surface area contributed by atoms with Crippen molar-refractivity contribution >= 4 is 25.9 Å². The molecular formula is C10H19N5O4S2. The molecule has 1 saturated heterocycles. The lowest BCUT2D eigenvalue weighted by atomic mass is 10.1. The Bertz CT molecular complexity index is 705. The summed E-state index contributed by atoms with van der Waals surface area (Å²) in [5.74, 6) is -0.0595. The Morgan fingerprint density at radius 1 is 1.38 bits per heavy atom. The number of sulfonamides is 2. The number of aromatic nitrogens is 2. The molecule has 120 valence electrons. The maximum absolute atomic E-state index is 12.6. The third kappa shape index (κ3) is 3.54. The van der Waals surface area contributed by atoms with Crippen LogP contribution in [0.5, 0.6) is 0 Å². The number of aryl methyl sites for hydroxylation is 1. The van der Waals surface area contributed by atoms with Gasteiger partial charge in [-0.05, 0) is 12.8 Å². The second kappa shape index (κ2) is 5.55. The molecule has 0 radical (unpaired) electrons. The maximum atomic E-state index is 12.6. The van der Waals surface area contributed by atoms with Crippen LogP contribution in [-0.2, 0) is 27.1 Å². The molecule has 3 N–H and O–H groups in total. The average molecular weight is 337 g/mol. The van der Waals surface area contributed by atoms with E-state index in [1.165, 1.54) is 15.2 Å². The van der Waals surface area contributed by atoms with Crippen molar-refractivity contribution in [1.29, 1.82) is 0 Å². The second-order valence-corrected chi connectivity index (χ2v) is 8.77. The number of nitrogen functional groups attached to an aromatic ring is 1. The molecule has 21 heavy (non-hydrogen) atoms. The van der Waals surface area contributed by atoms with Gasteiger partial charge in [-0.2, -0.15) is 4.31 Å². The van der Waals surface area contributed by atoms with E-state index >= 15 is 0 Å². The molecule has 0 aliphatic carbocycles. The first-order valence-electron chi connectivity index (χ1n) is 6.35. The fourth-order valence-electron chi connectivity index (χ4n) is 2.43. The molecule has 0 bridgehead atoms. The highest BCUT2D eigenvalue weighted by molar-refractivity contribution is 7.89. The Morgan fingerprint density at radius 3 is 2.57 bits per heavy atom. The summed E-state index contributed by atoms with van der Waals surface area (Å²) in [6.45, 7) is 0.412. The fourth-order valence-corrected chi connectivity index (χ4v) is 4.95. The number of piperidine rings is 1. The molecule has 1 atom stereocenters. The predicted octanol–water partition coefficient (Wildman–Crippen LogP) is -1.30. The van der Waals surface area contributed by atoms with Crippen LogP contribution in [0, 0.1) is 0 Å². The predicted molar refractivity (Wildman–Crippen MR) is 77.4 cm³/mol. The van der Waals surface area contributed by atoms with Crippen molar-refractivity contribution in [3.05, 3.63) is 6.33 Å². The first kappa shape index (κ1) is 16.2. The van der Waals surface area contributed by atoms with Gasteiger partial charge in [0.25, 0.3) is 10.0 Å². The van der Waals surface area contributed by atoms with Crippen molar-refractivity contribution in [3.63, 3.8) is 0 Å². The minimum absolute atomic E-state index is 0.0595. The molecule has 1 unspecified atom stereocenters. The van der Waals surface area contributed by atoms with Gasteiger partial charge in [0.1, 0.15) is 0 Å². The Morgan fingerprint density at radius 2 is 2.05 bits per heavy atom. The zero-order valence-corrected chi connectivity index (χ0v) is 13.5. The molecule has 0 spiro atoms. The summed E-state index contributed by atoms with van der Waals surface area (Å²) in [4.78, 5) is 3.78. The second-order valence-electron chi connectivity index (χ2n) is 5.14. The van der Waals surface area contributed by atoms with Gasteiger partial charge in [-0.3, -0.25) is 0 Å². The summed E-state index contributed by atoms with van der Waals surface area (Å²) in [5.41, 5.74) is 5.62. The summed E-state index contributed by atoms with van der Waals surface area (Å²) in [6, 6.07) is -0.432. The van der Waals surface area contributed by atoms with Gasteiger partial charge in [-0.25, -0.2) is 26.5 Å². The summed E-state index contributed by atoms with van der Waals surface area (Å²) < 4.78 is 52.8. The van der Waals surface area contributed by atoms with Crippen LogP contribution in [0.1, 0.15) is 12.8 Å². The minimum atomic E-state index is -3.79. The summed E-state index contributed by atoms with van der Waals surface area (Å²) in [5, 5.41) is -0.0671. The normalized spacial score (nSPS) is 21.5. The van der Waals surface area contributed by atoms with Crippen molar-refractivity contribution in [2.45, 2.75) is 23.9 Å². The van der Waals surface area contributed by atoms with E-state index < -0.39 is 26.1 Å². The number of nitrogens with two attached hydrogens (primary N) is 1. The van der Waals surface area contributed by atoms with Crippen molar-refractivity contribution in [3.8, 4) is 0 Å². The van der Waals surface area contributed by atoms with Crippen molar-refractivity contribution in [2.24, 2.45) is 7.05 Å². The van der Waals surface area contributed by atoms with Crippen LogP contribution in [0.15, 0.2) is 11.4 Å². The van der Waals surface area contributed by atoms with Crippen LogP contribution in [0.25, 0.3) is 0 Å². The Hall–Kier alpha value is -1.17. The van der Waals surface area contributed by atoms with Gasteiger partial charge < -0.3 is 10.3 Å². The number of nitrogens with one attached hydrogen (secondary N) is 1. The van der Waals surface area contributed by atoms with Gasteiger partial charge in [0.2, 0.25) is 10.0 Å². The highest BCUT2D eigenvalue weighted by Crippen LogP contribution is 2.24. The third-order valence-corrected chi connectivity index (χ3v) is 6.02. The Labute approximate surface area is 124 Å². The van der Waals surface area contributed by atoms with Crippen LogP contribution in [0.3, 0.4) is 0 Å². The monoisotopic (exact) mass is 337 g/mol. The zero-order valence-electron chi connectivity index (χ0n) is 11.9. The number of anilines is 1. The van der Waals surface area contributed by atoms with Gasteiger partial charge in [0.05, 0.1) is 12.6 Å². The first-order valence-corrected chi connectivity index (χ1v) is 9.68. The topological polar surface area (TPSA) is 127 Å². The molecule has 1 aliphatic heterocycles. The molecule has 0 saturated carbocycles. The van der Waals surface area contributed by atoms with Gasteiger partial charge in [0, 0.05) is 26.2 Å². The lowest BCUT2D eigenvalue weighted by Gasteiger charge is -2.31. The van der Waals surface area contributed by atoms with Gasteiger partial charge in [0.15, 0.2) is 10.8 Å². The van der Waals surface area contributed by atoms with E-state index in [-0.39, 0.29) is 17.4 Å². The lowest BCUT2D eigenvalue weighted by molar-refractivity contribution is 0.302. The van der Waals surface area contributed by atoms with Crippen molar-refractivity contribution < 1.29 is 16.8 Å². The highest BCUT2D eigenvalue weighted by Gasteiger charge is 2.34. The standard InChI is InChI=1S/C10H19N5O4S2/c1-14-7-12-9(11)10(14)21(18,19)15-5-3-4-8(6-15)13-20(2,16)17/h7-8,13H,3-6,11H2,1-2H3. The zero-order chi connectivity index (χ0) is 15.8. The molecule has 1 aromatic rings. The van der Waals surface area contributed by atoms with E-state index in [0.29, 0.717) is 19.4 Å². The Kier molecular flexibility index (Phi) is 4.29. The largest absolute Gasteiger partial charge is 0.381 e. The highest BCUT2D eigenvalue weighted by atomic mass is 32.2. The lowest BCUT2D eigenvalue weighted by Crippen LogP contribution is -2.49. The summed E-state index contributed by atoms with van der Waals surface area (Å²) >= 11 is 0. The van der Waals surface area contributed by atoms with Crippen LogP contribution >= 0.6 is 0 Å². The van der Waals surface area contributed by atoms with Crippen molar-refractivity contribution in [1.82, 2.24) is 18.6 Å². The van der Waals surface area contributed by atoms with Crippen LogP contribution in [-0.4, -0.2) is 56.1 Å². The van der Waals surface area contributed by atoms with Gasteiger partial charge in [-0.15, -0.1) is 0 Å². The number of imidazole rings is 1. The number of nitrogens with zero attached hydrogens (tertiary/aromatic N) is 3. The van der Waals surface area contributed by atoms with Crippen molar-refractivity contribution in [2.75, 3.05) is 25.1 Å². The molecule has 0 aromatic carbocycles. The van der Waals surface area contributed by atoms with Gasteiger partial charge >= 0.3 is 0 Å². The molecule has 11 heteroatoms. The first-order chi connectivity index (χ1) is 9.61. The quantitative estimate of drug-likeness (QED) is 0.703. The fraction of sp³-hybridized carbons (Fsp3) is 0.700. The van der Waals surface area contributed by atoms with E-state index in [4.69, 9.17) is 5.73 Å². The molecular weight excluding hydrogens is 318 g/mol. The average Bonchev–Trinajstić information content (AvgIpc) is 2.67. The Balaban J connectivity index is 2.25. The van der Waals surface area contributed by atoms with E-state index in [1.807, 2.05) is 0 Å². The molecule has 1 aromatic heterocycles. The maximum Gasteiger partial charge on any atom is 0.262 e. The SMILES string of the molecule is Cn1cnc(N)c1S(=O)(=O)N1CCCC(NS(C)(=O)=O)C1. The van der Waals surface area contributed by atoms with E-state index in [0.717, 1.165) is 6.26 Å². The minimum Gasteiger partial charge on any atom is -0.381 e. The van der Waals surface area contributed by atoms with E-state index in [1.54, 1.807) is 7.05 Å². The number of hydrogen-bond acceptors (Lipinski definition) is 6.